The second kappa shape index (κ2) is 11.0. The van der Waals surface area contributed by atoms with E-state index in [0.717, 1.165) is 22.4 Å². The van der Waals surface area contributed by atoms with Crippen LogP contribution in [-0.2, 0) is 26.9 Å². The molecule has 3 aromatic rings. The van der Waals surface area contributed by atoms with Gasteiger partial charge in [0, 0.05) is 12.2 Å². The van der Waals surface area contributed by atoms with Gasteiger partial charge in [0.1, 0.15) is 11.6 Å². The van der Waals surface area contributed by atoms with E-state index in [9.17, 15) is 13.2 Å². The van der Waals surface area contributed by atoms with Gasteiger partial charge in [-0.05, 0) is 56.5 Å². The molecular formula is C25H30N4O3S2. The molecule has 1 heterocycles. The summed E-state index contributed by atoms with van der Waals surface area (Å²) in [4.78, 5) is 13.3. The first-order valence-corrected chi connectivity index (χ1v) is 13.6. The van der Waals surface area contributed by atoms with Gasteiger partial charge in [0.05, 0.1) is 10.1 Å². The lowest BCUT2D eigenvalue weighted by atomic mass is 10.1. The summed E-state index contributed by atoms with van der Waals surface area (Å²) in [5.41, 5.74) is 3.89. The van der Waals surface area contributed by atoms with Crippen molar-refractivity contribution in [3.05, 3.63) is 77.6 Å². The molecule has 1 aromatic heterocycles. The fraction of sp³-hybridized carbons (Fsp3) is 0.320. The van der Waals surface area contributed by atoms with Crippen LogP contribution in [-0.4, -0.2) is 34.3 Å². The Bertz CT molecular complexity index is 1280. The van der Waals surface area contributed by atoms with Crippen LogP contribution in [0, 0.1) is 20.8 Å². The van der Waals surface area contributed by atoms with Crippen molar-refractivity contribution >= 4 is 33.2 Å². The molecule has 2 aromatic carbocycles. The summed E-state index contributed by atoms with van der Waals surface area (Å²) in [7, 11) is -3.60. The molecule has 3 rings (SSSR count). The number of aryl methyl sites for hydroxylation is 2. The lowest BCUT2D eigenvalue weighted by Gasteiger charge is -2.17. The Balaban J connectivity index is 1.82. The Hall–Kier alpha value is -2.91. The molecule has 180 valence electrons. The molecule has 1 N–H and O–H groups in total. The Labute approximate surface area is 205 Å². The number of hydrogen-bond donors (Lipinski definition) is 1. The van der Waals surface area contributed by atoms with E-state index >= 15 is 0 Å². The second-order valence-electron chi connectivity index (χ2n) is 8.12. The summed E-state index contributed by atoms with van der Waals surface area (Å²) in [6, 6.07) is 12.5. The smallest absolute Gasteiger partial charge is 0.237 e. The lowest BCUT2D eigenvalue weighted by Crippen LogP contribution is -2.25. The average Bonchev–Trinajstić information content (AvgIpc) is 3.16. The Morgan fingerprint density at radius 2 is 1.85 bits per heavy atom. The van der Waals surface area contributed by atoms with Crippen LogP contribution in [0.1, 0.15) is 35.9 Å². The first kappa shape index (κ1) is 25.7. The summed E-state index contributed by atoms with van der Waals surface area (Å²) in [5, 5.41) is 11.4. The van der Waals surface area contributed by atoms with Crippen molar-refractivity contribution in [2.24, 2.45) is 0 Å². The molecule has 0 saturated heterocycles. The Morgan fingerprint density at radius 3 is 2.50 bits per heavy atom. The van der Waals surface area contributed by atoms with E-state index in [1.54, 1.807) is 34.9 Å². The van der Waals surface area contributed by atoms with E-state index < -0.39 is 15.1 Å². The number of sulfone groups is 1. The number of hydrogen-bond acceptors (Lipinski definition) is 6. The molecule has 7 nitrogen and oxygen atoms in total. The van der Waals surface area contributed by atoms with Crippen LogP contribution in [0.2, 0.25) is 0 Å². The number of nitrogens with one attached hydrogen (secondary N) is 1. The largest absolute Gasteiger partial charge is 0.325 e. The molecule has 1 atom stereocenters. The number of carbonyl (C=O) groups is 1. The van der Waals surface area contributed by atoms with Crippen molar-refractivity contribution in [2.45, 2.75) is 61.7 Å². The molecule has 9 heteroatoms. The van der Waals surface area contributed by atoms with Crippen LogP contribution in [0.5, 0.6) is 0 Å². The molecule has 0 fully saturated rings. The number of nitrogens with zero attached hydrogens (tertiary/aromatic N) is 3. The highest BCUT2D eigenvalue weighted by molar-refractivity contribution is 8.00. The van der Waals surface area contributed by atoms with Gasteiger partial charge in [0.15, 0.2) is 15.0 Å². The number of benzene rings is 2. The van der Waals surface area contributed by atoms with Crippen LogP contribution >= 0.6 is 11.8 Å². The number of carbonyl (C=O) groups excluding carboxylic acids is 1. The van der Waals surface area contributed by atoms with Crippen LogP contribution in [0.15, 0.2) is 65.2 Å². The quantitative estimate of drug-likeness (QED) is 0.317. The first-order valence-electron chi connectivity index (χ1n) is 11.0. The monoisotopic (exact) mass is 498 g/mol. The maximum absolute atomic E-state index is 13.0. The van der Waals surface area contributed by atoms with Gasteiger partial charge in [-0.1, -0.05) is 54.6 Å². The van der Waals surface area contributed by atoms with Gasteiger partial charge >= 0.3 is 0 Å². The molecule has 1 amide bonds. The highest BCUT2D eigenvalue weighted by Gasteiger charge is 2.25. The minimum absolute atomic E-state index is 0.136. The molecule has 0 aliphatic carbocycles. The molecule has 0 aliphatic rings. The zero-order valence-electron chi connectivity index (χ0n) is 19.9. The molecule has 34 heavy (non-hydrogen) atoms. The van der Waals surface area contributed by atoms with E-state index in [0.29, 0.717) is 23.9 Å². The van der Waals surface area contributed by atoms with E-state index in [4.69, 9.17) is 0 Å². The van der Waals surface area contributed by atoms with Gasteiger partial charge in [-0.25, -0.2) is 8.42 Å². The fourth-order valence-electron chi connectivity index (χ4n) is 3.37. The summed E-state index contributed by atoms with van der Waals surface area (Å²) in [5.74, 6) is -0.112. The molecule has 0 saturated carbocycles. The predicted octanol–water partition coefficient (Wildman–Crippen LogP) is 4.87. The van der Waals surface area contributed by atoms with Crippen molar-refractivity contribution < 1.29 is 13.2 Å². The topological polar surface area (TPSA) is 93.9 Å². The maximum atomic E-state index is 13.0. The summed E-state index contributed by atoms with van der Waals surface area (Å²) >= 11 is 1.27. The average molecular weight is 499 g/mol. The fourth-order valence-corrected chi connectivity index (χ4v) is 5.63. The van der Waals surface area contributed by atoms with E-state index in [2.05, 4.69) is 22.1 Å². The van der Waals surface area contributed by atoms with Gasteiger partial charge < -0.3 is 9.88 Å². The molecule has 0 radical (unpaired) electrons. The number of allylic oxidation sites excluding steroid dienone is 1. The summed E-state index contributed by atoms with van der Waals surface area (Å²) in [6.07, 6.45) is 2.23. The second-order valence-corrected chi connectivity index (χ2v) is 11.3. The van der Waals surface area contributed by atoms with Gasteiger partial charge in [-0.15, -0.1) is 16.8 Å². The zero-order valence-corrected chi connectivity index (χ0v) is 21.5. The highest BCUT2D eigenvalue weighted by atomic mass is 32.2. The van der Waals surface area contributed by atoms with Crippen molar-refractivity contribution in [3.63, 3.8) is 0 Å². The van der Waals surface area contributed by atoms with Gasteiger partial charge in [-0.2, -0.15) is 0 Å². The Morgan fingerprint density at radius 1 is 1.15 bits per heavy atom. The standard InChI is InChI=1S/C25H30N4O3S2/c1-6-15-29-23(16-34(31,32)20-13-11-17(3)12-14-20)27-28-25(29)33-22(7-2)24(30)26-21-10-8-9-18(4)19(21)5/h6,8-14,22H,1,7,15-16H2,2-5H3,(H,26,30). The first-order chi connectivity index (χ1) is 16.2. The van der Waals surface area contributed by atoms with Crippen molar-refractivity contribution in [1.82, 2.24) is 14.8 Å². The number of rotatable bonds is 10. The highest BCUT2D eigenvalue weighted by Crippen LogP contribution is 2.28. The number of amides is 1. The molecule has 1 unspecified atom stereocenters. The molecule has 0 spiro atoms. The van der Waals surface area contributed by atoms with Crippen molar-refractivity contribution in [2.75, 3.05) is 5.32 Å². The Kier molecular flexibility index (Phi) is 8.33. The van der Waals surface area contributed by atoms with E-state index in [1.807, 2.05) is 45.9 Å². The third-order valence-electron chi connectivity index (χ3n) is 5.58. The van der Waals surface area contributed by atoms with E-state index in [-0.39, 0.29) is 16.6 Å². The van der Waals surface area contributed by atoms with Gasteiger partial charge in [-0.3, -0.25) is 4.79 Å². The van der Waals surface area contributed by atoms with E-state index in [1.165, 1.54) is 11.8 Å². The van der Waals surface area contributed by atoms with Crippen LogP contribution in [0.3, 0.4) is 0 Å². The maximum Gasteiger partial charge on any atom is 0.237 e. The summed E-state index contributed by atoms with van der Waals surface area (Å²) < 4.78 is 27.6. The van der Waals surface area contributed by atoms with Crippen LogP contribution in [0.25, 0.3) is 0 Å². The minimum atomic E-state index is -3.60. The predicted molar refractivity (Wildman–Crippen MR) is 137 cm³/mol. The number of thioether (sulfide) groups is 1. The molecule has 0 aliphatic heterocycles. The van der Waals surface area contributed by atoms with Gasteiger partial charge in [0.2, 0.25) is 5.91 Å². The SMILES string of the molecule is C=CCn1c(CS(=O)(=O)c2ccc(C)cc2)nnc1SC(CC)C(=O)Nc1cccc(C)c1C. The van der Waals surface area contributed by atoms with Crippen molar-refractivity contribution in [3.8, 4) is 0 Å². The van der Waals surface area contributed by atoms with Gasteiger partial charge in [0.25, 0.3) is 0 Å². The third kappa shape index (κ3) is 5.95. The minimum Gasteiger partial charge on any atom is -0.325 e. The molecular weight excluding hydrogens is 468 g/mol. The number of anilines is 1. The zero-order chi connectivity index (χ0) is 24.9. The van der Waals surface area contributed by atoms with Crippen LogP contribution < -0.4 is 5.32 Å². The number of aromatic nitrogens is 3. The lowest BCUT2D eigenvalue weighted by molar-refractivity contribution is -0.115. The third-order valence-corrected chi connectivity index (χ3v) is 8.55. The molecule has 0 bridgehead atoms. The normalized spacial score (nSPS) is 12.4. The van der Waals surface area contributed by atoms with Crippen molar-refractivity contribution in [1.29, 1.82) is 0 Å². The summed E-state index contributed by atoms with van der Waals surface area (Å²) in [6.45, 7) is 11.9. The van der Waals surface area contributed by atoms with Crippen LogP contribution in [0.4, 0.5) is 5.69 Å².